The van der Waals surface area contributed by atoms with Crippen LogP contribution >= 0.6 is 12.4 Å². The molecule has 1 saturated heterocycles. The van der Waals surface area contributed by atoms with Gasteiger partial charge in [0.15, 0.2) is 5.78 Å². The van der Waals surface area contributed by atoms with Gasteiger partial charge in [-0.3, -0.25) is 9.69 Å². The Labute approximate surface area is 137 Å². The summed E-state index contributed by atoms with van der Waals surface area (Å²) in [5, 5.41) is 0. The Kier molecular flexibility index (Phi) is 4.32. The highest BCUT2D eigenvalue weighted by molar-refractivity contribution is 6.03. The second kappa shape index (κ2) is 6.23. The van der Waals surface area contributed by atoms with E-state index in [1.807, 2.05) is 12.1 Å². The van der Waals surface area contributed by atoms with Crippen LogP contribution in [0, 0.1) is 5.92 Å². The lowest BCUT2D eigenvalue weighted by Crippen LogP contribution is -2.38. The molecule has 0 bridgehead atoms. The first-order valence-corrected chi connectivity index (χ1v) is 7.72. The number of ketones is 1. The predicted molar refractivity (Wildman–Crippen MR) is 90.6 cm³/mol. The van der Waals surface area contributed by atoms with Crippen molar-refractivity contribution in [3.05, 3.63) is 71.3 Å². The number of nitrogens with zero attached hydrogens (tertiary/aromatic N) is 1. The van der Waals surface area contributed by atoms with Gasteiger partial charge in [-0.2, -0.15) is 0 Å². The summed E-state index contributed by atoms with van der Waals surface area (Å²) in [6.45, 7) is 3.01. The molecule has 0 spiro atoms. The molecule has 1 heterocycles. The second-order valence-corrected chi connectivity index (χ2v) is 6.17. The van der Waals surface area contributed by atoms with Crippen LogP contribution in [0.25, 0.3) is 0 Å². The molecule has 2 nitrogen and oxygen atoms in total. The SMILES string of the molecule is Cl.O=C1c2ccccc2C2CN(Cc3ccccc3)CCC12. The first-order valence-electron chi connectivity index (χ1n) is 7.72. The first-order chi connectivity index (χ1) is 10.3. The maximum Gasteiger partial charge on any atom is 0.166 e. The van der Waals surface area contributed by atoms with Crippen molar-refractivity contribution in [3.8, 4) is 0 Å². The van der Waals surface area contributed by atoms with E-state index in [2.05, 4.69) is 47.4 Å². The molecule has 22 heavy (non-hydrogen) atoms. The Bertz CT molecular complexity index is 670. The van der Waals surface area contributed by atoms with Gasteiger partial charge in [0, 0.05) is 30.5 Å². The molecule has 0 radical (unpaired) electrons. The largest absolute Gasteiger partial charge is 0.298 e. The Balaban J connectivity index is 0.00000144. The van der Waals surface area contributed by atoms with Crippen molar-refractivity contribution < 1.29 is 4.79 Å². The van der Waals surface area contributed by atoms with Gasteiger partial charge < -0.3 is 0 Å². The topological polar surface area (TPSA) is 20.3 Å². The normalized spacial score (nSPS) is 23.5. The smallest absolute Gasteiger partial charge is 0.166 e. The minimum atomic E-state index is 0. The molecule has 4 rings (SSSR count). The number of fused-ring (bicyclic) bond motifs is 3. The van der Waals surface area contributed by atoms with Crippen molar-refractivity contribution in [2.75, 3.05) is 13.1 Å². The van der Waals surface area contributed by atoms with Crippen molar-refractivity contribution in [2.24, 2.45) is 5.92 Å². The third-order valence-electron chi connectivity index (χ3n) is 4.91. The predicted octanol–water partition coefficient (Wildman–Crippen LogP) is 3.91. The van der Waals surface area contributed by atoms with Crippen LogP contribution in [0.4, 0.5) is 0 Å². The minimum absolute atomic E-state index is 0. The summed E-state index contributed by atoms with van der Waals surface area (Å²) in [6, 6.07) is 18.8. The third kappa shape index (κ3) is 2.57. The molecule has 0 aromatic heterocycles. The number of halogens is 1. The fourth-order valence-corrected chi connectivity index (χ4v) is 3.88. The Morgan fingerprint density at radius 1 is 0.955 bits per heavy atom. The third-order valence-corrected chi connectivity index (χ3v) is 4.91. The summed E-state index contributed by atoms with van der Waals surface area (Å²) in [6.07, 6.45) is 0.991. The zero-order chi connectivity index (χ0) is 14.2. The van der Waals surface area contributed by atoms with Crippen LogP contribution in [0.1, 0.15) is 33.8 Å². The molecule has 3 heteroatoms. The molecule has 1 fully saturated rings. The number of rotatable bonds is 2. The van der Waals surface area contributed by atoms with Gasteiger partial charge in [-0.1, -0.05) is 54.6 Å². The van der Waals surface area contributed by atoms with Crippen LogP contribution in [-0.2, 0) is 6.54 Å². The molecule has 1 aliphatic carbocycles. The van der Waals surface area contributed by atoms with E-state index in [0.29, 0.717) is 11.7 Å². The molecule has 0 amide bonds. The van der Waals surface area contributed by atoms with Crippen molar-refractivity contribution >= 4 is 18.2 Å². The van der Waals surface area contributed by atoms with Gasteiger partial charge in [0.25, 0.3) is 0 Å². The summed E-state index contributed by atoms with van der Waals surface area (Å²) in [5.74, 6) is 0.982. The van der Waals surface area contributed by atoms with Crippen LogP contribution in [0.15, 0.2) is 54.6 Å². The van der Waals surface area contributed by atoms with Crippen LogP contribution in [-0.4, -0.2) is 23.8 Å². The van der Waals surface area contributed by atoms with E-state index in [1.165, 1.54) is 11.1 Å². The van der Waals surface area contributed by atoms with Gasteiger partial charge in [-0.25, -0.2) is 0 Å². The Hall–Kier alpha value is -1.64. The van der Waals surface area contributed by atoms with Crippen LogP contribution in [0.3, 0.4) is 0 Å². The minimum Gasteiger partial charge on any atom is -0.298 e. The van der Waals surface area contributed by atoms with Gasteiger partial charge in [0.05, 0.1) is 0 Å². The highest BCUT2D eigenvalue weighted by atomic mass is 35.5. The molecule has 0 N–H and O–H groups in total. The van der Waals surface area contributed by atoms with E-state index in [4.69, 9.17) is 0 Å². The fourth-order valence-electron chi connectivity index (χ4n) is 3.88. The monoisotopic (exact) mass is 313 g/mol. The van der Waals surface area contributed by atoms with Crippen LogP contribution < -0.4 is 0 Å². The van der Waals surface area contributed by atoms with E-state index in [-0.39, 0.29) is 18.3 Å². The highest BCUT2D eigenvalue weighted by Crippen LogP contribution is 2.42. The number of piperidine rings is 1. The second-order valence-electron chi connectivity index (χ2n) is 6.17. The van der Waals surface area contributed by atoms with Gasteiger partial charge in [-0.05, 0) is 24.1 Å². The first kappa shape index (κ1) is 15.3. The lowest BCUT2D eigenvalue weighted by Gasteiger charge is -2.34. The van der Waals surface area contributed by atoms with E-state index in [0.717, 1.165) is 31.6 Å². The molecule has 0 saturated carbocycles. The average molecular weight is 314 g/mol. The van der Waals surface area contributed by atoms with Crippen molar-refractivity contribution in [1.82, 2.24) is 4.90 Å². The number of likely N-dealkylation sites (tertiary alicyclic amines) is 1. The number of benzene rings is 2. The summed E-state index contributed by atoms with van der Waals surface area (Å²) in [4.78, 5) is 15.0. The molecule has 2 aromatic rings. The zero-order valence-corrected chi connectivity index (χ0v) is 13.3. The van der Waals surface area contributed by atoms with E-state index in [9.17, 15) is 4.79 Å². The highest BCUT2D eigenvalue weighted by Gasteiger charge is 2.42. The van der Waals surface area contributed by atoms with Gasteiger partial charge in [0.2, 0.25) is 0 Å². The van der Waals surface area contributed by atoms with Crippen molar-refractivity contribution in [1.29, 1.82) is 0 Å². The standard InChI is InChI=1S/C19H19NO.ClH/c21-19-16-9-5-4-8-15(16)18-13-20(11-10-17(18)19)12-14-6-2-1-3-7-14;/h1-9,17-18H,10-13H2;1H. The van der Waals surface area contributed by atoms with Gasteiger partial charge in [0.1, 0.15) is 0 Å². The fraction of sp³-hybridized carbons (Fsp3) is 0.316. The van der Waals surface area contributed by atoms with E-state index >= 15 is 0 Å². The maximum absolute atomic E-state index is 12.5. The number of carbonyl (C=O) groups is 1. The van der Waals surface area contributed by atoms with Crippen LogP contribution in [0.5, 0.6) is 0 Å². The number of Topliss-reactive ketones (excluding diaryl/α,β-unsaturated/α-hetero) is 1. The average Bonchev–Trinajstić information content (AvgIpc) is 2.82. The molecular weight excluding hydrogens is 294 g/mol. The lowest BCUT2D eigenvalue weighted by atomic mass is 9.85. The molecule has 2 aliphatic rings. The summed E-state index contributed by atoms with van der Waals surface area (Å²) in [5.41, 5.74) is 3.59. The molecule has 1 aliphatic heterocycles. The molecule has 2 atom stereocenters. The number of carbonyl (C=O) groups excluding carboxylic acids is 1. The van der Waals surface area contributed by atoms with Crippen molar-refractivity contribution in [2.45, 2.75) is 18.9 Å². The van der Waals surface area contributed by atoms with Gasteiger partial charge in [-0.15, -0.1) is 12.4 Å². The van der Waals surface area contributed by atoms with E-state index in [1.54, 1.807) is 0 Å². The number of hydrogen-bond acceptors (Lipinski definition) is 2. The quantitative estimate of drug-likeness (QED) is 0.838. The zero-order valence-electron chi connectivity index (χ0n) is 12.4. The summed E-state index contributed by atoms with van der Waals surface area (Å²) < 4.78 is 0. The number of hydrogen-bond donors (Lipinski definition) is 0. The van der Waals surface area contributed by atoms with Crippen molar-refractivity contribution in [3.63, 3.8) is 0 Å². The molecule has 114 valence electrons. The Morgan fingerprint density at radius 2 is 1.68 bits per heavy atom. The van der Waals surface area contributed by atoms with E-state index < -0.39 is 0 Å². The lowest BCUT2D eigenvalue weighted by molar-refractivity contribution is 0.0834. The molecule has 2 unspecified atom stereocenters. The van der Waals surface area contributed by atoms with Gasteiger partial charge >= 0.3 is 0 Å². The summed E-state index contributed by atoms with van der Waals surface area (Å²) >= 11 is 0. The maximum atomic E-state index is 12.5. The molecule has 2 aromatic carbocycles. The molecular formula is C19H20ClNO. The van der Waals surface area contributed by atoms with Crippen LogP contribution in [0.2, 0.25) is 0 Å². The Morgan fingerprint density at radius 3 is 2.50 bits per heavy atom. The summed E-state index contributed by atoms with van der Waals surface area (Å²) in [7, 11) is 0.